The fourth-order valence-corrected chi connectivity index (χ4v) is 1.76. The molecular formula is C13H24N4O. The Balaban J connectivity index is 2.74. The Morgan fingerprint density at radius 3 is 2.11 bits per heavy atom. The van der Waals surface area contributed by atoms with Crippen LogP contribution in [0.3, 0.4) is 0 Å². The van der Waals surface area contributed by atoms with Crippen LogP contribution in [-0.2, 0) is 12.8 Å². The number of rotatable bonds is 7. The first-order valence-electron chi connectivity index (χ1n) is 6.77. The molecule has 5 nitrogen and oxygen atoms in total. The van der Waals surface area contributed by atoms with Gasteiger partial charge in [0.1, 0.15) is 0 Å². The van der Waals surface area contributed by atoms with Crippen LogP contribution in [0.15, 0.2) is 0 Å². The van der Waals surface area contributed by atoms with E-state index in [-0.39, 0.29) is 0 Å². The van der Waals surface area contributed by atoms with Crippen LogP contribution in [0, 0.1) is 0 Å². The molecule has 1 aromatic rings. The highest BCUT2D eigenvalue weighted by Crippen LogP contribution is 2.15. The van der Waals surface area contributed by atoms with E-state index in [9.17, 15) is 5.11 Å². The van der Waals surface area contributed by atoms with Gasteiger partial charge in [-0.3, -0.25) is 0 Å². The van der Waals surface area contributed by atoms with Gasteiger partial charge in [0.2, 0.25) is 5.95 Å². The molecule has 5 heteroatoms. The third-order valence-corrected chi connectivity index (χ3v) is 3.40. The monoisotopic (exact) mass is 252 g/mol. The second-order valence-corrected chi connectivity index (χ2v) is 4.52. The lowest BCUT2D eigenvalue weighted by Crippen LogP contribution is -2.36. The first kappa shape index (κ1) is 14.8. The second kappa shape index (κ2) is 6.64. The molecule has 0 aromatic carbocycles. The summed E-state index contributed by atoms with van der Waals surface area (Å²) < 4.78 is 0. The number of anilines is 1. The van der Waals surface area contributed by atoms with Crippen molar-refractivity contribution < 1.29 is 5.11 Å². The Kier molecular flexibility index (Phi) is 5.47. The summed E-state index contributed by atoms with van der Waals surface area (Å²) in [6.45, 7) is 8.51. The number of hydrogen-bond donors (Lipinski definition) is 2. The fraction of sp³-hybridized carbons (Fsp3) is 0.769. The van der Waals surface area contributed by atoms with Crippen LogP contribution in [0.2, 0.25) is 0 Å². The van der Waals surface area contributed by atoms with Crippen LogP contribution in [0.1, 0.15) is 51.9 Å². The van der Waals surface area contributed by atoms with Crippen molar-refractivity contribution in [2.45, 2.75) is 59.0 Å². The van der Waals surface area contributed by atoms with E-state index in [1.807, 2.05) is 20.8 Å². The first-order valence-corrected chi connectivity index (χ1v) is 6.77. The molecule has 0 aliphatic heterocycles. The van der Waals surface area contributed by atoms with Crippen molar-refractivity contribution in [3.8, 4) is 0 Å². The molecule has 1 heterocycles. The van der Waals surface area contributed by atoms with Gasteiger partial charge in [0, 0.05) is 6.54 Å². The van der Waals surface area contributed by atoms with Gasteiger partial charge in [-0.05, 0) is 25.7 Å². The van der Waals surface area contributed by atoms with Crippen LogP contribution >= 0.6 is 0 Å². The second-order valence-electron chi connectivity index (χ2n) is 4.52. The van der Waals surface area contributed by atoms with E-state index in [2.05, 4.69) is 27.4 Å². The van der Waals surface area contributed by atoms with E-state index in [0.29, 0.717) is 25.3 Å². The van der Waals surface area contributed by atoms with E-state index in [0.717, 1.165) is 24.2 Å². The minimum Gasteiger partial charge on any atom is -0.388 e. The SMILES string of the molecule is CCc1nnc(NCC(O)(CC)CC)nc1CC. The van der Waals surface area contributed by atoms with Crippen LogP contribution in [-0.4, -0.2) is 32.4 Å². The summed E-state index contributed by atoms with van der Waals surface area (Å²) >= 11 is 0. The van der Waals surface area contributed by atoms with E-state index in [4.69, 9.17) is 0 Å². The van der Waals surface area contributed by atoms with E-state index in [1.54, 1.807) is 0 Å². The number of aryl methyl sites for hydroxylation is 2. The normalized spacial score (nSPS) is 11.6. The molecule has 18 heavy (non-hydrogen) atoms. The lowest BCUT2D eigenvalue weighted by Gasteiger charge is -2.25. The maximum Gasteiger partial charge on any atom is 0.243 e. The highest BCUT2D eigenvalue weighted by atomic mass is 16.3. The van der Waals surface area contributed by atoms with Crippen LogP contribution in [0.4, 0.5) is 5.95 Å². The Labute approximate surface area is 109 Å². The Bertz CT molecular complexity index is 377. The molecule has 2 N–H and O–H groups in total. The number of aliphatic hydroxyl groups is 1. The third-order valence-electron chi connectivity index (χ3n) is 3.40. The maximum absolute atomic E-state index is 10.2. The summed E-state index contributed by atoms with van der Waals surface area (Å²) in [6.07, 6.45) is 3.10. The molecule has 0 aliphatic rings. The van der Waals surface area contributed by atoms with E-state index >= 15 is 0 Å². The minimum atomic E-state index is -0.695. The van der Waals surface area contributed by atoms with Gasteiger partial charge in [-0.25, -0.2) is 4.98 Å². The van der Waals surface area contributed by atoms with Crippen molar-refractivity contribution in [2.75, 3.05) is 11.9 Å². The van der Waals surface area contributed by atoms with Gasteiger partial charge in [-0.15, -0.1) is 5.10 Å². The summed E-state index contributed by atoms with van der Waals surface area (Å²) in [7, 11) is 0. The van der Waals surface area contributed by atoms with Crippen molar-refractivity contribution in [3.05, 3.63) is 11.4 Å². The lowest BCUT2D eigenvalue weighted by atomic mass is 9.98. The fourth-order valence-electron chi connectivity index (χ4n) is 1.76. The highest BCUT2D eigenvalue weighted by Gasteiger charge is 2.22. The van der Waals surface area contributed by atoms with Crippen molar-refractivity contribution >= 4 is 5.95 Å². The Morgan fingerprint density at radius 1 is 1.00 bits per heavy atom. The Hall–Kier alpha value is -1.23. The number of nitrogens with one attached hydrogen (secondary N) is 1. The van der Waals surface area contributed by atoms with E-state index < -0.39 is 5.60 Å². The van der Waals surface area contributed by atoms with Gasteiger partial charge >= 0.3 is 0 Å². The summed E-state index contributed by atoms with van der Waals surface area (Å²) in [4.78, 5) is 4.44. The van der Waals surface area contributed by atoms with Crippen LogP contribution in [0.25, 0.3) is 0 Å². The predicted octanol–water partition coefficient (Wildman–Crippen LogP) is 1.96. The molecule has 0 fully saturated rings. The standard InChI is InChI=1S/C13H24N4O/c1-5-10-11(6-2)16-17-12(15-10)14-9-13(18,7-3)8-4/h18H,5-9H2,1-4H3,(H,14,15,17). The summed E-state index contributed by atoms with van der Waals surface area (Å²) in [5.74, 6) is 0.504. The van der Waals surface area contributed by atoms with Crippen molar-refractivity contribution in [3.63, 3.8) is 0 Å². The third kappa shape index (κ3) is 3.63. The van der Waals surface area contributed by atoms with Gasteiger partial charge in [0.25, 0.3) is 0 Å². The molecule has 0 unspecified atom stereocenters. The topological polar surface area (TPSA) is 70.9 Å². The molecule has 0 radical (unpaired) electrons. The van der Waals surface area contributed by atoms with Gasteiger partial charge in [0.05, 0.1) is 17.0 Å². The van der Waals surface area contributed by atoms with Gasteiger partial charge < -0.3 is 10.4 Å². The molecule has 0 atom stereocenters. The van der Waals surface area contributed by atoms with Crippen LogP contribution in [0.5, 0.6) is 0 Å². The predicted molar refractivity (Wildman–Crippen MR) is 72.6 cm³/mol. The average molecular weight is 252 g/mol. The smallest absolute Gasteiger partial charge is 0.243 e. The van der Waals surface area contributed by atoms with Crippen molar-refractivity contribution in [2.24, 2.45) is 0 Å². The highest BCUT2D eigenvalue weighted by molar-refractivity contribution is 5.26. The van der Waals surface area contributed by atoms with E-state index in [1.165, 1.54) is 0 Å². The van der Waals surface area contributed by atoms with Gasteiger partial charge in [-0.2, -0.15) is 5.10 Å². The number of nitrogens with zero attached hydrogens (tertiary/aromatic N) is 3. The number of hydrogen-bond acceptors (Lipinski definition) is 5. The Morgan fingerprint density at radius 2 is 1.61 bits per heavy atom. The zero-order chi connectivity index (χ0) is 13.6. The zero-order valence-electron chi connectivity index (χ0n) is 11.8. The van der Waals surface area contributed by atoms with Crippen LogP contribution < -0.4 is 5.32 Å². The minimum absolute atomic E-state index is 0.455. The molecule has 0 spiro atoms. The molecule has 0 saturated heterocycles. The van der Waals surface area contributed by atoms with Crippen molar-refractivity contribution in [1.29, 1.82) is 0 Å². The first-order chi connectivity index (χ1) is 8.58. The van der Waals surface area contributed by atoms with Gasteiger partial charge in [0.15, 0.2) is 0 Å². The summed E-state index contributed by atoms with van der Waals surface area (Å²) in [5, 5.41) is 21.5. The lowest BCUT2D eigenvalue weighted by molar-refractivity contribution is 0.0455. The molecule has 1 aromatic heterocycles. The average Bonchev–Trinajstić information content (AvgIpc) is 2.44. The molecule has 0 aliphatic carbocycles. The molecule has 0 bridgehead atoms. The maximum atomic E-state index is 10.2. The van der Waals surface area contributed by atoms with Crippen molar-refractivity contribution in [1.82, 2.24) is 15.2 Å². The molecule has 1 rings (SSSR count). The molecule has 0 amide bonds. The molecule has 102 valence electrons. The summed E-state index contributed by atoms with van der Waals surface area (Å²) in [5.41, 5.74) is 1.23. The zero-order valence-corrected chi connectivity index (χ0v) is 11.8. The molecular weight excluding hydrogens is 228 g/mol. The number of aromatic nitrogens is 3. The molecule has 0 saturated carbocycles. The summed E-state index contributed by atoms with van der Waals surface area (Å²) in [6, 6.07) is 0. The quantitative estimate of drug-likeness (QED) is 0.776. The largest absolute Gasteiger partial charge is 0.388 e. The van der Waals surface area contributed by atoms with Gasteiger partial charge in [-0.1, -0.05) is 27.7 Å².